The van der Waals surface area contributed by atoms with Gasteiger partial charge in [0.25, 0.3) is 0 Å². The Balaban J connectivity index is 1.55. The SMILES string of the molecule is C=C[C@]12C(=O)[C@](C)(O)[C@H](C[C@H]1c1c(C)ccc3c1-c1ccc(O)c(C)c1CC3)C1=C2c2ccc(O)c(C)c2CC1. The summed E-state index contributed by atoms with van der Waals surface area (Å²) in [6.07, 6.45) is 5.77. The van der Waals surface area contributed by atoms with Crippen molar-refractivity contribution in [2.45, 2.75) is 71.3 Å². The van der Waals surface area contributed by atoms with Crippen LogP contribution >= 0.6 is 0 Å². The van der Waals surface area contributed by atoms with Gasteiger partial charge in [0.05, 0.1) is 5.41 Å². The number of carbonyl (C=O) groups excluding carboxylic acids is 1. The summed E-state index contributed by atoms with van der Waals surface area (Å²) >= 11 is 0. The Bertz CT molecular complexity index is 1700. The molecule has 5 aliphatic rings. The molecule has 1 saturated carbocycles. The van der Waals surface area contributed by atoms with Crippen molar-refractivity contribution in [1.29, 1.82) is 0 Å². The number of Topliss-reactive ketones (excluding diaryl/α,β-unsaturated/α-hetero) is 1. The number of aromatic hydroxyl groups is 2. The number of phenols is 2. The van der Waals surface area contributed by atoms with E-state index in [0.29, 0.717) is 12.2 Å². The number of benzene rings is 3. The maximum absolute atomic E-state index is 14.6. The average Bonchev–Trinajstić information content (AvgIpc) is 2.94. The average molecular weight is 533 g/mol. The summed E-state index contributed by atoms with van der Waals surface area (Å²) < 4.78 is 0. The van der Waals surface area contributed by atoms with E-state index >= 15 is 0 Å². The lowest BCUT2D eigenvalue weighted by Crippen LogP contribution is -2.63. The van der Waals surface area contributed by atoms with Crippen LogP contribution in [0.4, 0.5) is 0 Å². The number of ketones is 1. The molecule has 4 atom stereocenters. The molecule has 0 spiro atoms. The predicted molar refractivity (Wildman–Crippen MR) is 158 cm³/mol. The largest absolute Gasteiger partial charge is 0.508 e. The highest BCUT2D eigenvalue weighted by Crippen LogP contribution is 2.68. The minimum absolute atomic E-state index is 0.177. The third kappa shape index (κ3) is 2.93. The minimum atomic E-state index is -1.48. The fraction of sp³-hybridized carbons (Fsp3) is 0.361. The van der Waals surface area contributed by atoms with E-state index in [1.54, 1.807) is 19.1 Å². The van der Waals surface area contributed by atoms with E-state index < -0.39 is 11.0 Å². The highest BCUT2D eigenvalue weighted by atomic mass is 16.3. The van der Waals surface area contributed by atoms with Crippen molar-refractivity contribution in [3.63, 3.8) is 0 Å². The quantitative estimate of drug-likeness (QED) is 0.317. The number of rotatable bonds is 2. The molecule has 40 heavy (non-hydrogen) atoms. The number of phenolic OH excluding ortho intramolecular Hbond substituents is 2. The number of hydrogen-bond acceptors (Lipinski definition) is 4. The van der Waals surface area contributed by atoms with Crippen LogP contribution in [-0.4, -0.2) is 26.7 Å². The zero-order valence-electron chi connectivity index (χ0n) is 23.7. The van der Waals surface area contributed by atoms with E-state index in [-0.39, 0.29) is 23.4 Å². The fourth-order valence-corrected chi connectivity index (χ4v) is 8.84. The molecule has 0 unspecified atom stereocenters. The molecule has 2 bridgehead atoms. The molecule has 0 amide bonds. The highest BCUT2D eigenvalue weighted by Gasteiger charge is 2.66. The lowest BCUT2D eigenvalue weighted by molar-refractivity contribution is -0.154. The molecule has 8 rings (SSSR count). The van der Waals surface area contributed by atoms with Gasteiger partial charge in [-0.15, -0.1) is 6.58 Å². The number of allylic oxidation sites excluding steroid dienone is 2. The highest BCUT2D eigenvalue weighted by molar-refractivity contribution is 6.10. The molecule has 0 saturated heterocycles. The number of hydrogen-bond donors (Lipinski definition) is 3. The standard InChI is InChI=1S/C36H36O4/c1-6-36-28(31-18(2)7-8-21-9-10-22-19(3)29(37)15-13-24(22)32(21)31)17-27(35(5,40)34(36)39)26-12-11-23-20(4)30(38)16-14-25(23)33(26)36/h6-8,13-16,27-28,37-38,40H,1,9-12,17H2,2-5H3/t27-,28+,35-,36+/m1/s1. The second kappa shape index (κ2) is 8.20. The van der Waals surface area contributed by atoms with Crippen LogP contribution in [0, 0.1) is 32.1 Å². The van der Waals surface area contributed by atoms with Crippen molar-refractivity contribution >= 4 is 11.4 Å². The summed E-state index contributed by atoms with van der Waals surface area (Å²) in [5, 5.41) is 32.9. The number of fused-ring (bicyclic) bond motifs is 6. The first-order chi connectivity index (χ1) is 19.0. The monoisotopic (exact) mass is 532 g/mol. The Hall–Kier alpha value is -3.63. The smallest absolute Gasteiger partial charge is 0.179 e. The normalized spacial score (nSPS) is 28.1. The minimum Gasteiger partial charge on any atom is -0.508 e. The molecular weight excluding hydrogens is 496 g/mol. The maximum Gasteiger partial charge on any atom is 0.179 e. The molecule has 3 aromatic carbocycles. The fourth-order valence-electron chi connectivity index (χ4n) is 8.84. The van der Waals surface area contributed by atoms with Crippen LogP contribution in [0.1, 0.15) is 70.2 Å². The van der Waals surface area contributed by atoms with Crippen LogP contribution in [-0.2, 0) is 24.1 Å². The van der Waals surface area contributed by atoms with Crippen LogP contribution < -0.4 is 0 Å². The first-order valence-electron chi connectivity index (χ1n) is 14.4. The van der Waals surface area contributed by atoms with Crippen molar-refractivity contribution in [2.75, 3.05) is 0 Å². The lowest BCUT2D eigenvalue weighted by Gasteiger charge is -2.59. The van der Waals surface area contributed by atoms with E-state index in [1.165, 1.54) is 22.3 Å². The molecule has 3 aromatic rings. The third-order valence-electron chi connectivity index (χ3n) is 10.9. The van der Waals surface area contributed by atoms with Crippen LogP contribution in [0.5, 0.6) is 11.5 Å². The molecule has 0 aliphatic heterocycles. The third-order valence-corrected chi connectivity index (χ3v) is 10.9. The van der Waals surface area contributed by atoms with Gasteiger partial charge in [-0.05, 0) is 133 Å². The second-order valence-corrected chi connectivity index (χ2v) is 12.6. The van der Waals surface area contributed by atoms with E-state index in [9.17, 15) is 20.1 Å². The molecule has 0 heterocycles. The van der Waals surface area contributed by atoms with Crippen molar-refractivity contribution < 1.29 is 20.1 Å². The van der Waals surface area contributed by atoms with Gasteiger partial charge in [0.15, 0.2) is 5.78 Å². The van der Waals surface area contributed by atoms with Crippen molar-refractivity contribution in [3.05, 3.63) is 99.1 Å². The van der Waals surface area contributed by atoms with Crippen LogP contribution in [0.25, 0.3) is 16.7 Å². The van der Waals surface area contributed by atoms with E-state index in [1.807, 2.05) is 32.1 Å². The summed E-state index contributed by atoms with van der Waals surface area (Å²) in [5.41, 5.74) is 10.5. The van der Waals surface area contributed by atoms with Gasteiger partial charge in [-0.3, -0.25) is 4.79 Å². The first-order valence-corrected chi connectivity index (χ1v) is 14.4. The molecule has 204 valence electrons. The molecule has 0 aromatic heterocycles. The van der Waals surface area contributed by atoms with Gasteiger partial charge >= 0.3 is 0 Å². The number of carbonyl (C=O) groups is 1. The predicted octanol–water partition coefficient (Wildman–Crippen LogP) is 6.80. The first kappa shape index (κ1) is 25.3. The Kier molecular flexibility index (Phi) is 5.20. The second-order valence-electron chi connectivity index (χ2n) is 12.6. The summed E-state index contributed by atoms with van der Waals surface area (Å²) in [7, 11) is 0. The van der Waals surface area contributed by atoms with E-state index in [4.69, 9.17) is 0 Å². The topological polar surface area (TPSA) is 77.8 Å². The molecule has 5 aliphatic carbocycles. The number of aryl methyl sites for hydroxylation is 2. The van der Waals surface area contributed by atoms with Gasteiger partial charge < -0.3 is 15.3 Å². The van der Waals surface area contributed by atoms with Gasteiger partial charge in [-0.2, -0.15) is 0 Å². The zero-order chi connectivity index (χ0) is 28.3. The molecule has 3 N–H and O–H groups in total. The molecule has 4 nitrogen and oxygen atoms in total. The van der Waals surface area contributed by atoms with E-state index in [2.05, 4.69) is 25.6 Å². The molecule has 1 fully saturated rings. The molecule has 0 radical (unpaired) electrons. The zero-order valence-corrected chi connectivity index (χ0v) is 23.7. The van der Waals surface area contributed by atoms with Gasteiger partial charge in [-0.25, -0.2) is 0 Å². The van der Waals surface area contributed by atoms with Crippen LogP contribution in [0.2, 0.25) is 0 Å². The maximum atomic E-state index is 14.6. The van der Waals surface area contributed by atoms with Gasteiger partial charge in [0.2, 0.25) is 0 Å². The Morgan fingerprint density at radius 2 is 1.48 bits per heavy atom. The summed E-state index contributed by atoms with van der Waals surface area (Å²) in [6, 6.07) is 11.9. The Morgan fingerprint density at radius 3 is 2.15 bits per heavy atom. The number of aliphatic hydroxyl groups is 1. The van der Waals surface area contributed by atoms with Crippen molar-refractivity contribution in [3.8, 4) is 22.6 Å². The van der Waals surface area contributed by atoms with Crippen LogP contribution in [0.15, 0.2) is 54.6 Å². The van der Waals surface area contributed by atoms with Crippen molar-refractivity contribution in [1.82, 2.24) is 0 Å². The molecule has 4 heteroatoms. The summed E-state index contributed by atoms with van der Waals surface area (Å²) in [6.45, 7) is 12.1. The molecular formula is C36H36O4. The van der Waals surface area contributed by atoms with Gasteiger partial charge in [0, 0.05) is 11.8 Å². The van der Waals surface area contributed by atoms with Crippen molar-refractivity contribution in [2.24, 2.45) is 11.3 Å². The Morgan fingerprint density at radius 1 is 0.850 bits per heavy atom. The summed E-state index contributed by atoms with van der Waals surface area (Å²) in [4.78, 5) is 14.6. The summed E-state index contributed by atoms with van der Waals surface area (Å²) in [5.74, 6) is -0.0763. The van der Waals surface area contributed by atoms with Crippen LogP contribution in [0.3, 0.4) is 0 Å². The Labute approximate surface area is 235 Å². The van der Waals surface area contributed by atoms with E-state index in [0.717, 1.165) is 70.2 Å². The van der Waals surface area contributed by atoms with Gasteiger partial charge in [0.1, 0.15) is 17.1 Å². The lowest BCUT2D eigenvalue weighted by atomic mass is 9.43. The van der Waals surface area contributed by atoms with Gasteiger partial charge in [-0.1, -0.05) is 35.9 Å².